The van der Waals surface area contributed by atoms with Crippen LogP contribution in [0.4, 0.5) is 5.82 Å². The first-order valence-corrected chi connectivity index (χ1v) is 7.68. The summed E-state index contributed by atoms with van der Waals surface area (Å²) in [4.78, 5) is 23.3. The number of nitrogens with zero attached hydrogens (tertiary/aromatic N) is 2. The molecule has 1 aliphatic heterocycles. The first-order valence-electron chi connectivity index (χ1n) is 7.68. The summed E-state index contributed by atoms with van der Waals surface area (Å²) in [5, 5.41) is 10.2. The molecular formula is C15H24N4O2. The van der Waals surface area contributed by atoms with E-state index < -0.39 is 0 Å². The molecule has 21 heavy (non-hydrogen) atoms. The SMILES string of the molecule is CCC(CC)n1ncc(C)c1NC(=O)CC1CCC(=O)N1. The Morgan fingerprint density at radius 3 is 2.81 bits per heavy atom. The van der Waals surface area contributed by atoms with Crippen LogP contribution in [0.15, 0.2) is 6.20 Å². The average molecular weight is 292 g/mol. The summed E-state index contributed by atoms with van der Waals surface area (Å²) in [7, 11) is 0. The quantitative estimate of drug-likeness (QED) is 0.843. The number of carbonyl (C=O) groups is 2. The number of hydrogen-bond acceptors (Lipinski definition) is 3. The number of hydrogen-bond donors (Lipinski definition) is 2. The van der Waals surface area contributed by atoms with Gasteiger partial charge in [0.05, 0.1) is 12.2 Å². The van der Waals surface area contributed by atoms with E-state index in [-0.39, 0.29) is 17.9 Å². The molecule has 0 aliphatic carbocycles. The minimum Gasteiger partial charge on any atom is -0.353 e. The molecule has 0 saturated carbocycles. The molecule has 1 atom stereocenters. The number of rotatable bonds is 6. The summed E-state index contributed by atoms with van der Waals surface area (Å²) >= 11 is 0. The van der Waals surface area contributed by atoms with E-state index >= 15 is 0 Å². The molecule has 2 rings (SSSR count). The molecule has 1 aliphatic rings. The number of aryl methyl sites for hydroxylation is 1. The summed E-state index contributed by atoms with van der Waals surface area (Å²) in [6, 6.07) is 0.252. The van der Waals surface area contributed by atoms with Crippen LogP contribution in [0.2, 0.25) is 0 Å². The standard InChI is InChI=1S/C15H24N4O2/c1-4-12(5-2)19-15(10(3)9-16-19)18-14(21)8-11-6-7-13(20)17-11/h9,11-12H,4-8H2,1-3H3,(H,17,20)(H,18,21). The largest absolute Gasteiger partial charge is 0.353 e. The molecule has 0 bridgehead atoms. The molecule has 6 heteroatoms. The van der Waals surface area contributed by atoms with Gasteiger partial charge in [-0.15, -0.1) is 0 Å². The minimum absolute atomic E-state index is 0.0334. The molecular weight excluding hydrogens is 268 g/mol. The normalized spacial score (nSPS) is 18.1. The third-order valence-corrected chi connectivity index (χ3v) is 4.04. The monoisotopic (exact) mass is 292 g/mol. The molecule has 0 spiro atoms. The predicted molar refractivity (Wildman–Crippen MR) is 81.0 cm³/mol. The van der Waals surface area contributed by atoms with Crippen molar-refractivity contribution in [3.63, 3.8) is 0 Å². The number of anilines is 1. The van der Waals surface area contributed by atoms with Crippen LogP contribution >= 0.6 is 0 Å². The molecule has 1 unspecified atom stereocenters. The highest BCUT2D eigenvalue weighted by molar-refractivity contribution is 5.91. The molecule has 1 aromatic heterocycles. The highest BCUT2D eigenvalue weighted by Gasteiger charge is 2.24. The Kier molecular flexibility index (Phi) is 4.98. The second-order valence-corrected chi connectivity index (χ2v) is 5.65. The van der Waals surface area contributed by atoms with E-state index in [0.29, 0.717) is 18.9 Å². The van der Waals surface area contributed by atoms with Crippen molar-refractivity contribution >= 4 is 17.6 Å². The van der Waals surface area contributed by atoms with E-state index in [1.54, 1.807) is 6.20 Å². The Morgan fingerprint density at radius 2 is 2.24 bits per heavy atom. The molecule has 2 N–H and O–H groups in total. The minimum atomic E-state index is -0.0713. The Balaban J connectivity index is 2.03. The Hall–Kier alpha value is -1.85. The molecule has 6 nitrogen and oxygen atoms in total. The fourth-order valence-corrected chi connectivity index (χ4v) is 2.75. The smallest absolute Gasteiger partial charge is 0.227 e. The van der Waals surface area contributed by atoms with Crippen LogP contribution in [0.5, 0.6) is 0 Å². The van der Waals surface area contributed by atoms with E-state index in [2.05, 4.69) is 29.6 Å². The van der Waals surface area contributed by atoms with Crippen molar-refractivity contribution in [1.82, 2.24) is 15.1 Å². The number of carbonyl (C=O) groups excluding carboxylic acids is 2. The zero-order chi connectivity index (χ0) is 15.4. The summed E-state index contributed by atoms with van der Waals surface area (Å²) < 4.78 is 1.90. The maximum absolute atomic E-state index is 12.2. The predicted octanol–water partition coefficient (Wildman–Crippen LogP) is 2.16. The summed E-state index contributed by atoms with van der Waals surface area (Å²) in [6.45, 7) is 6.18. The van der Waals surface area contributed by atoms with Gasteiger partial charge >= 0.3 is 0 Å². The molecule has 116 valence electrons. The van der Waals surface area contributed by atoms with Crippen molar-refractivity contribution in [3.05, 3.63) is 11.8 Å². The molecule has 1 fully saturated rings. The van der Waals surface area contributed by atoms with Gasteiger partial charge in [0.25, 0.3) is 0 Å². The lowest BCUT2D eigenvalue weighted by atomic mass is 10.1. The third kappa shape index (κ3) is 3.62. The van der Waals surface area contributed by atoms with E-state index in [1.807, 2.05) is 11.6 Å². The molecule has 1 aromatic rings. The van der Waals surface area contributed by atoms with Crippen LogP contribution in [0.3, 0.4) is 0 Å². The highest BCUT2D eigenvalue weighted by atomic mass is 16.2. The van der Waals surface area contributed by atoms with Crippen LogP contribution in [0, 0.1) is 6.92 Å². The average Bonchev–Trinajstić information content (AvgIpc) is 3.00. The van der Waals surface area contributed by atoms with Crippen molar-refractivity contribution in [2.75, 3.05) is 5.32 Å². The van der Waals surface area contributed by atoms with Crippen LogP contribution in [0.25, 0.3) is 0 Å². The fourth-order valence-electron chi connectivity index (χ4n) is 2.75. The van der Waals surface area contributed by atoms with Crippen LogP contribution in [-0.4, -0.2) is 27.6 Å². The fraction of sp³-hybridized carbons (Fsp3) is 0.667. The van der Waals surface area contributed by atoms with Gasteiger partial charge in [-0.25, -0.2) is 4.68 Å². The lowest BCUT2D eigenvalue weighted by Gasteiger charge is -2.18. The summed E-state index contributed by atoms with van der Waals surface area (Å²) in [6.07, 6.45) is 5.29. The zero-order valence-electron chi connectivity index (χ0n) is 13.0. The van der Waals surface area contributed by atoms with Gasteiger partial charge in [-0.2, -0.15) is 5.10 Å². The first kappa shape index (κ1) is 15.5. The number of aromatic nitrogens is 2. The lowest BCUT2D eigenvalue weighted by Crippen LogP contribution is -2.30. The summed E-state index contributed by atoms with van der Waals surface area (Å²) in [5.74, 6) is 0.738. The van der Waals surface area contributed by atoms with Crippen LogP contribution in [0.1, 0.15) is 57.6 Å². The van der Waals surface area contributed by atoms with Crippen molar-refractivity contribution in [3.8, 4) is 0 Å². The molecule has 1 saturated heterocycles. The van der Waals surface area contributed by atoms with Crippen LogP contribution in [-0.2, 0) is 9.59 Å². The van der Waals surface area contributed by atoms with Crippen molar-refractivity contribution in [2.45, 2.75) is 65.0 Å². The van der Waals surface area contributed by atoms with Gasteiger partial charge in [-0.3, -0.25) is 9.59 Å². The molecule has 0 radical (unpaired) electrons. The van der Waals surface area contributed by atoms with Gasteiger partial charge in [0, 0.05) is 24.4 Å². The van der Waals surface area contributed by atoms with E-state index in [0.717, 1.165) is 30.6 Å². The maximum atomic E-state index is 12.2. The zero-order valence-corrected chi connectivity index (χ0v) is 13.0. The van der Waals surface area contributed by atoms with E-state index in [4.69, 9.17) is 0 Å². The highest BCUT2D eigenvalue weighted by Crippen LogP contribution is 2.24. The second-order valence-electron chi connectivity index (χ2n) is 5.65. The Labute approximate surface area is 125 Å². The van der Waals surface area contributed by atoms with Gasteiger partial charge in [-0.1, -0.05) is 13.8 Å². The summed E-state index contributed by atoms with van der Waals surface area (Å²) in [5.41, 5.74) is 0.964. The molecule has 2 heterocycles. The Bertz CT molecular complexity index is 520. The molecule has 0 aromatic carbocycles. The topological polar surface area (TPSA) is 76.0 Å². The second kappa shape index (κ2) is 6.74. The third-order valence-electron chi connectivity index (χ3n) is 4.04. The van der Waals surface area contributed by atoms with Gasteiger partial charge in [0.1, 0.15) is 5.82 Å². The Morgan fingerprint density at radius 1 is 1.52 bits per heavy atom. The van der Waals surface area contributed by atoms with Crippen molar-refractivity contribution in [1.29, 1.82) is 0 Å². The van der Waals surface area contributed by atoms with Gasteiger partial charge < -0.3 is 10.6 Å². The van der Waals surface area contributed by atoms with E-state index in [1.165, 1.54) is 0 Å². The maximum Gasteiger partial charge on any atom is 0.227 e. The van der Waals surface area contributed by atoms with Gasteiger partial charge in [0.15, 0.2) is 0 Å². The van der Waals surface area contributed by atoms with Gasteiger partial charge in [-0.05, 0) is 26.2 Å². The number of amides is 2. The van der Waals surface area contributed by atoms with E-state index in [9.17, 15) is 9.59 Å². The van der Waals surface area contributed by atoms with Crippen molar-refractivity contribution in [2.24, 2.45) is 0 Å². The number of nitrogens with one attached hydrogen (secondary N) is 2. The first-order chi connectivity index (χ1) is 10.0. The van der Waals surface area contributed by atoms with Crippen molar-refractivity contribution < 1.29 is 9.59 Å². The van der Waals surface area contributed by atoms with Gasteiger partial charge in [0.2, 0.25) is 11.8 Å². The van der Waals surface area contributed by atoms with Crippen LogP contribution < -0.4 is 10.6 Å². The lowest BCUT2D eigenvalue weighted by molar-refractivity contribution is -0.119. The molecule has 2 amide bonds.